The van der Waals surface area contributed by atoms with Crippen LogP contribution in [0.4, 0.5) is 0 Å². The molecule has 75 heavy (non-hydrogen) atoms. The van der Waals surface area contributed by atoms with Crippen LogP contribution in [0.15, 0.2) is 85.1 Å². The van der Waals surface area contributed by atoms with Crippen molar-refractivity contribution in [3.05, 3.63) is 85.1 Å². The van der Waals surface area contributed by atoms with Crippen LogP contribution in [0.25, 0.3) is 0 Å². The molecule has 0 radical (unpaired) electrons. The van der Waals surface area contributed by atoms with Gasteiger partial charge >= 0.3 is 17.9 Å². The van der Waals surface area contributed by atoms with Crippen molar-refractivity contribution in [3.8, 4) is 0 Å². The van der Waals surface area contributed by atoms with Crippen LogP contribution in [0.1, 0.15) is 316 Å². The zero-order valence-electron chi connectivity index (χ0n) is 49.6. The first-order valence-corrected chi connectivity index (χ1v) is 32.1. The van der Waals surface area contributed by atoms with Crippen LogP contribution >= 0.6 is 0 Å². The fourth-order valence-corrected chi connectivity index (χ4v) is 9.16. The lowest BCUT2D eigenvalue weighted by atomic mass is 10.0. The average molecular weight is 1050 g/mol. The molecule has 0 rings (SSSR count). The summed E-state index contributed by atoms with van der Waals surface area (Å²) in [4.78, 5) is 38.3. The van der Waals surface area contributed by atoms with Crippen molar-refractivity contribution in [2.45, 2.75) is 322 Å². The number of carbonyl (C=O) groups excluding carboxylic acids is 3. The van der Waals surface area contributed by atoms with Gasteiger partial charge in [0.25, 0.3) is 0 Å². The summed E-state index contributed by atoms with van der Waals surface area (Å²) in [6, 6.07) is 0. The Morgan fingerprint density at radius 3 is 0.813 bits per heavy atom. The molecule has 432 valence electrons. The maximum atomic E-state index is 12.9. The molecule has 0 aromatic rings. The Bertz CT molecular complexity index is 1430. The molecule has 1 unspecified atom stereocenters. The van der Waals surface area contributed by atoms with E-state index in [1.165, 1.54) is 148 Å². The summed E-state index contributed by atoms with van der Waals surface area (Å²) in [5, 5.41) is 0. The van der Waals surface area contributed by atoms with Crippen molar-refractivity contribution in [3.63, 3.8) is 0 Å². The van der Waals surface area contributed by atoms with Crippen LogP contribution in [0.5, 0.6) is 0 Å². The predicted molar refractivity (Wildman–Crippen MR) is 325 cm³/mol. The van der Waals surface area contributed by atoms with E-state index in [1.807, 2.05) is 0 Å². The molecule has 0 N–H and O–H groups in total. The second-order valence-corrected chi connectivity index (χ2v) is 21.3. The van der Waals surface area contributed by atoms with Crippen LogP contribution < -0.4 is 0 Å². The molecular weight excluding hydrogens is 925 g/mol. The summed E-state index contributed by atoms with van der Waals surface area (Å²) in [5.41, 5.74) is 0. The van der Waals surface area contributed by atoms with E-state index in [-0.39, 0.29) is 31.1 Å². The van der Waals surface area contributed by atoms with Gasteiger partial charge in [0.2, 0.25) is 0 Å². The molecule has 0 amide bonds. The molecule has 0 aromatic heterocycles. The fourth-order valence-electron chi connectivity index (χ4n) is 9.16. The van der Waals surface area contributed by atoms with Gasteiger partial charge in [-0.15, -0.1) is 0 Å². The SMILES string of the molecule is CC/C=C\C/C=C\C/C=C\C/C=C\CCCCCCCCCCC(=O)OCC(COC(=O)CCCCCCC/C=C\C/C=C\C/C=C\CC)OC(=O)CCCCCCCCCCCCCCCCCCCCCCC. The monoisotopic (exact) mass is 1040 g/mol. The third-order valence-corrected chi connectivity index (χ3v) is 13.9. The highest BCUT2D eigenvalue weighted by atomic mass is 16.6. The Morgan fingerprint density at radius 2 is 0.520 bits per heavy atom. The lowest BCUT2D eigenvalue weighted by Crippen LogP contribution is -2.30. The molecule has 6 heteroatoms. The Labute approximate surface area is 465 Å². The first-order valence-electron chi connectivity index (χ1n) is 32.1. The number of rotatable bonds is 58. The van der Waals surface area contributed by atoms with Gasteiger partial charge in [-0.2, -0.15) is 0 Å². The maximum Gasteiger partial charge on any atom is 0.306 e. The van der Waals surface area contributed by atoms with Gasteiger partial charge in [0.1, 0.15) is 13.2 Å². The van der Waals surface area contributed by atoms with Crippen molar-refractivity contribution in [2.24, 2.45) is 0 Å². The molecule has 6 nitrogen and oxygen atoms in total. The first kappa shape index (κ1) is 71.6. The molecule has 0 aromatic carbocycles. The zero-order chi connectivity index (χ0) is 54.3. The van der Waals surface area contributed by atoms with Crippen molar-refractivity contribution in [1.29, 1.82) is 0 Å². The third-order valence-electron chi connectivity index (χ3n) is 13.9. The number of ether oxygens (including phenoxy) is 3. The van der Waals surface area contributed by atoms with Crippen molar-refractivity contribution >= 4 is 17.9 Å². The van der Waals surface area contributed by atoms with Gasteiger partial charge < -0.3 is 14.2 Å². The normalized spacial score (nSPS) is 12.6. The molecule has 0 heterocycles. The Hall–Kier alpha value is -3.41. The van der Waals surface area contributed by atoms with E-state index in [2.05, 4.69) is 106 Å². The van der Waals surface area contributed by atoms with Gasteiger partial charge in [0, 0.05) is 19.3 Å². The molecule has 0 aliphatic carbocycles. The summed E-state index contributed by atoms with van der Waals surface area (Å²) in [7, 11) is 0. The summed E-state index contributed by atoms with van der Waals surface area (Å²) in [6.07, 6.45) is 83.0. The number of hydrogen-bond donors (Lipinski definition) is 0. The van der Waals surface area contributed by atoms with Crippen LogP contribution in [0.2, 0.25) is 0 Å². The second kappa shape index (κ2) is 63.1. The van der Waals surface area contributed by atoms with E-state index in [4.69, 9.17) is 14.2 Å². The standard InChI is InChI=1S/C69H120O6/c1-4-7-10-13-16-19-22-25-28-30-32-34-36-38-41-44-47-50-53-56-59-62-68(71)74-65-66(64-73-67(70)61-58-55-52-49-46-43-40-27-24-21-18-15-12-9-6-3)75-69(72)63-60-57-54-51-48-45-42-39-37-35-33-31-29-26-23-20-17-14-11-8-5-2/h7,9-10,12,16,18-19,21,25,27-28,32,34,40,66H,4-6,8,11,13-15,17,20,22-24,26,29-31,33,35-39,41-65H2,1-3H3/b10-7-,12-9-,19-16-,21-18-,28-25-,34-32-,40-27-. The minimum atomic E-state index is -0.787. The van der Waals surface area contributed by atoms with Gasteiger partial charge in [-0.05, 0) is 89.9 Å². The van der Waals surface area contributed by atoms with Gasteiger partial charge in [-0.3, -0.25) is 14.4 Å². The van der Waals surface area contributed by atoms with Crippen LogP contribution in [0.3, 0.4) is 0 Å². The minimum Gasteiger partial charge on any atom is -0.462 e. The topological polar surface area (TPSA) is 78.9 Å². The lowest BCUT2D eigenvalue weighted by Gasteiger charge is -2.18. The third kappa shape index (κ3) is 61.3. The Balaban J connectivity index is 4.36. The van der Waals surface area contributed by atoms with Gasteiger partial charge in [0.15, 0.2) is 6.10 Å². The van der Waals surface area contributed by atoms with Crippen molar-refractivity contribution in [1.82, 2.24) is 0 Å². The number of carbonyl (C=O) groups is 3. The van der Waals surface area contributed by atoms with Gasteiger partial charge in [0.05, 0.1) is 0 Å². The summed E-state index contributed by atoms with van der Waals surface area (Å²) in [5.74, 6) is -0.894. The molecule has 0 spiro atoms. The van der Waals surface area contributed by atoms with E-state index in [0.717, 1.165) is 128 Å². The smallest absolute Gasteiger partial charge is 0.306 e. The molecule has 0 aliphatic rings. The molecule has 0 aliphatic heterocycles. The fraction of sp³-hybridized carbons (Fsp3) is 0.754. The second-order valence-electron chi connectivity index (χ2n) is 21.3. The predicted octanol–water partition coefficient (Wildman–Crippen LogP) is 21.9. The molecule has 0 bridgehead atoms. The summed E-state index contributed by atoms with van der Waals surface area (Å²) in [6.45, 7) is 6.44. The Morgan fingerprint density at radius 1 is 0.280 bits per heavy atom. The molecular formula is C69H120O6. The highest BCUT2D eigenvalue weighted by Crippen LogP contribution is 2.17. The van der Waals surface area contributed by atoms with Crippen LogP contribution in [-0.2, 0) is 28.6 Å². The highest BCUT2D eigenvalue weighted by Gasteiger charge is 2.19. The van der Waals surface area contributed by atoms with Crippen LogP contribution in [-0.4, -0.2) is 37.2 Å². The Kier molecular flexibility index (Phi) is 60.3. The largest absolute Gasteiger partial charge is 0.462 e. The number of unbranched alkanes of at least 4 members (excludes halogenated alkanes) is 33. The molecule has 1 atom stereocenters. The summed E-state index contributed by atoms with van der Waals surface area (Å²) < 4.78 is 16.9. The van der Waals surface area contributed by atoms with E-state index in [1.54, 1.807) is 0 Å². The van der Waals surface area contributed by atoms with Crippen LogP contribution in [0, 0.1) is 0 Å². The number of allylic oxidation sites excluding steroid dienone is 14. The number of hydrogen-bond acceptors (Lipinski definition) is 6. The van der Waals surface area contributed by atoms with E-state index in [9.17, 15) is 14.4 Å². The highest BCUT2D eigenvalue weighted by molar-refractivity contribution is 5.71. The van der Waals surface area contributed by atoms with Crippen molar-refractivity contribution in [2.75, 3.05) is 13.2 Å². The maximum absolute atomic E-state index is 12.9. The number of esters is 3. The van der Waals surface area contributed by atoms with Gasteiger partial charge in [-0.25, -0.2) is 0 Å². The summed E-state index contributed by atoms with van der Waals surface area (Å²) >= 11 is 0. The van der Waals surface area contributed by atoms with Crippen molar-refractivity contribution < 1.29 is 28.6 Å². The quantitative estimate of drug-likeness (QED) is 0.0261. The average Bonchev–Trinajstić information content (AvgIpc) is 3.41. The van der Waals surface area contributed by atoms with E-state index < -0.39 is 6.10 Å². The van der Waals surface area contributed by atoms with E-state index >= 15 is 0 Å². The molecule has 0 saturated carbocycles. The lowest BCUT2D eigenvalue weighted by molar-refractivity contribution is -0.167. The minimum absolute atomic E-state index is 0.0842. The molecule has 0 saturated heterocycles. The van der Waals surface area contributed by atoms with Gasteiger partial charge in [-0.1, -0.05) is 292 Å². The molecule has 0 fully saturated rings. The first-order chi connectivity index (χ1) is 37.0. The van der Waals surface area contributed by atoms with E-state index in [0.29, 0.717) is 19.3 Å². The zero-order valence-corrected chi connectivity index (χ0v) is 49.6.